The van der Waals surface area contributed by atoms with Crippen molar-refractivity contribution >= 4 is 27.3 Å². The number of anilines is 1. The van der Waals surface area contributed by atoms with E-state index in [2.05, 4.69) is 15.3 Å². The SMILES string of the molecule is Cc1cc(NC2(C)CCS(=O)(=O)C2)nc(Cl)n1. The van der Waals surface area contributed by atoms with Crippen molar-refractivity contribution in [2.75, 3.05) is 16.8 Å². The van der Waals surface area contributed by atoms with Crippen LogP contribution < -0.4 is 5.32 Å². The maximum absolute atomic E-state index is 11.5. The summed E-state index contributed by atoms with van der Waals surface area (Å²) in [4.78, 5) is 8.00. The highest BCUT2D eigenvalue weighted by Gasteiger charge is 2.38. The molecule has 1 fully saturated rings. The van der Waals surface area contributed by atoms with E-state index in [-0.39, 0.29) is 16.8 Å². The molecule has 5 nitrogen and oxygen atoms in total. The molecule has 0 aliphatic carbocycles. The third-order valence-corrected chi connectivity index (χ3v) is 4.83. The van der Waals surface area contributed by atoms with E-state index in [1.807, 2.05) is 13.8 Å². The van der Waals surface area contributed by atoms with Gasteiger partial charge in [-0.15, -0.1) is 0 Å². The van der Waals surface area contributed by atoms with E-state index in [9.17, 15) is 8.42 Å². The maximum Gasteiger partial charge on any atom is 0.224 e. The topological polar surface area (TPSA) is 72.0 Å². The van der Waals surface area contributed by atoms with E-state index in [0.717, 1.165) is 5.69 Å². The summed E-state index contributed by atoms with van der Waals surface area (Å²) in [6.45, 7) is 3.69. The predicted molar refractivity (Wildman–Crippen MR) is 67.1 cm³/mol. The van der Waals surface area contributed by atoms with Crippen LogP contribution in [0.3, 0.4) is 0 Å². The van der Waals surface area contributed by atoms with E-state index < -0.39 is 15.4 Å². The van der Waals surface area contributed by atoms with Crippen molar-refractivity contribution in [2.45, 2.75) is 25.8 Å². The molecule has 1 aliphatic heterocycles. The van der Waals surface area contributed by atoms with Gasteiger partial charge in [-0.3, -0.25) is 0 Å². The van der Waals surface area contributed by atoms with Crippen LogP contribution in [-0.4, -0.2) is 35.4 Å². The summed E-state index contributed by atoms with van der Waals surface area (Å²) in [6, 6.07) is 1.75. The average molecular weight is 276 g/mol. The van der Waals surface area contributed by atoms with E-state index in [1.54, 1.807) is 6.07 Å². The Labute approximate surface area is 106 Å². The van der Waals surface area contributed by atoms with Gasteiger partial charge in [-0.2, -0.15) is 0 Å². The van der Waals surface area contributed by atoms with Crippen LogP contribution in [0, 0.1) is 6.92 Å². The summed E-state index contributed by atoms with van der Waals surface area (Å²) in [5, 5.41) is 3.30. The Kier molecular flexibility index (Phi) is 3.03. The molecule has 1 N–H and O–H groups in total. The second-order valence-corrected chi connectivity index (χ2v) is 7.21. The van der Waals surface area contributed by atoms with Gasteiger partial charge in [0, 0.05) is 11.8 Å². The first-order valence-electron chi connectivity index (χ1n) is 5.28. The van der Waals surface area contributed by atoms with Gasteiger partial charge in [0.25, 0.3) is 0 Å². The minimum atomic E-state index is -2.93. The molecule has 7 heteroatoms. The molecule has 1 aromatic rings. The minimum absolute atomic E-state index is 0.126. The van der Waals surface area contributed by atoms with Gasteiger partial charge in [0.1, 0.15) is 5.82 Å². The monoisotopic (exact) mass is 275 g/mol. The zero-order chi connectivity index (χ0) is 12.7. The highest BCUT2D eigenvalue weighted by molar-refractivity contribution is 7.91. The fourth-order valence-electron chi connectivity index (χ4n) is 2.01. The highest BCUT2D eigenvalue weighted by Crippen LogP contribution is 2.27. The van der Waals surface area contributed by atoms with E-state index in [4.69, 9.17) is 11.6 Å². The fourth-order valence-corrected chi connectivity index (χ4v) is 4.33. The summed E-state index contributed by atoms with van der Waals surface area (Å²) in [5.41, 5.74) is 0.278. The van der Waals surface area contributed by atoms with Crippen molar-refractivity contribution < 1.29 is 8.42 Å². The quantitative estimate of drug-likeness (QED) is 0.827. The van der Waals surface area contributed by atoms with E-state index in [1.165, 1.54) is 0 Å². The first-order valence-corrected chi connectivity index (χ1v) is 7.48. The summed E-state index contributed by atoms with van der Waals surface area (Å²) in [5.74, 6) is 0.914. The number of halogens is 1. The second kappa shape index (κ2) is 4.10. The average Bonchev–Trinajstić information content (AvgIpc) is 2.37. The van der Waals surface area contributed by atoms with Crippen molar-refractivity contribution in [3.05, 3.63) is 17.0 Å². The molecule has 17 heavy (non-hydrogen) atoms. The molecule has 1 aliphatic rings. The zero-order valence-corrected chi connectivity index (χ0v) is 11.3. The van der Waals surface area contributed by atoms with Gasteiger partial charge in [0.2, 0.25) is 5.28 Å². The Hall–Kier alpha value is -0.880. The number of nitrogens with zero attached hydrogens (tertiary/aromatic N) is 2. The molecule has 0 spiro atoms. The van der Waals surface area contributed by atoms with Crippen LogP contribution in [0.5, 0.6) is 0 Å². The molecule has 0 bridgehead atoms. The van der Waals surface area contributed by atoms with Crippen LogP contribution in [-0.2, 0) is 9.84 Å². The maximum atomic E-state index is 11.5. The number of sulfone groups is 1. The van der Waals surface area contributed by atoms with Gasteiger partial charge >= 0.3 is 0 Å². The summed E-state index contributed by atoms with van der Waals surface area (Å²) in [6.07, 6.45) is 0.579. The largest absolute Gasteiger partial charge is 0.364 e. The van der Waals surface area contributed by atoms with Crippen molar-refractivity contribution in [2.24, 2.45) is 0 Å². The smallest absolute Gasteiger partial charge is 0.224 e. The summed E-state index contributed by atoms with van der Waals surface area (Å²) >= 11 is 5.76. The third kappa shape index (κ3) is 3.07. The molecule has 2 rings (SSSR count). The van der Waals surface area contributed by atoms with Crippen LogP contribution in [0.25, 0.3) is 0 Å². The Morgan fingerprint density at radius 2 is 2.18 bits per heavy atom. The van der Waals surface area contributed by atoms with Crippen LogP contribution in [0.2, 0.25) is 5.28 Å². The van der Waals surface area contributed by atoms with Gasteiger partial charge in [-0.25, -0.2) is 18.4 Å². The van der Waals surface area contributed by atoms with Gasteiger partial charge in [0.05, 0.1) is 17.0 Å². The number of aryl methyl sites for hydroxylation is 1. The van der Waals surface area contributed by atoms with E-state index in [0.29, 0.717) is 12.2 Å². The molecule has 94 valence electrons. The molecule has 0 radical (unpaired) electrons. The summed E-state index contributed by atoms with van der Waals surface area (Å²) < 4.78 is 22.9. The van der Waals surface area contributed by atoms with Gasteiger partial charge in [-0.05, 0) is 31.9 Å². The molecule has 2 heterocycles. The lowest BCUT2D eigenvalue weighted by Crippen LogP contribution is -2.36. The Balaban J connectivity index is 2.21. The van der Waals surface area contributed by atoms with Crippen LogP contribution in [0.4, 0.5) is 5.82 Å². The van der Waals surface area contributed by atoms with Crippen molar-refractivity contribution in [3.63, 3.8) is 0 Å². The van der Waals surface area contributed by atoms with Crippen LogP contribution in [0.1, 0.15) is 19.0 Å². The number of hydrogen-bond donors (Lipinski definition) is 1. The van der Waals surface area contributed by atoms with E-state index >= 15 is 0 Å². The van der Waals surface area contributed by atoms with Gasteiger partial charge in [-0.1, -0.05) is 0 Å². The predicted octanol–water partition coefficient (Wildman–Crippen LogP) is 1.43. The lowest BCUT2D eigenvalue weighted by atomic mass is 10.0. The zero-order valence-electron chi connectivity index (χ0n) is 9.70. The molecule has 1 aromatic heterocycles. The second-order valence-electron chi connectivity index (χ2n) is 4.69. The molecule has 0 aromatic carbocycles. The Morgan fingerprint density at radius 3 is 2.71 bits per heavy atom. The highest BCUT2D eigenvalue weighted by atomic mass is 35.5. The van der Waals surface area contributed by atoms with Crippen molar-refractivity contribution in [1.82, 2.24) is 9.97 Å². The molecule has 0 amide bonds. The Morgan fingerprint density at radius 1 is 1.47 bits per heavy atom. The van der Waals surface area contributed by atoms with Crippen molar-refractivity contribution in [3.8, 4) is 0 Å². The number of nitrogens with one attached hydrogen (secondary N) is 1. The first kappa shape index (κ1) is 12.6. The first-order chi connectivity index (χ1) is 7.78. The number of rotatable bonds is 2. The molecule has 1 atom stereocenters. The minimum Gasteiger partial charge on any atom is -0.364 e. The van der Waals surface area contributed by atoms with Crippen LogP contribution in [0.15, 0.2) is 6.07 Å². The lowest BCUT2D eigenvalue weighted by molar-refractivity contribution is 0.571. The normalized spacial score (nSPS) is 27.0. The molecule has 1 saturated heterocycles. The Bertz CT molecular complexity index is 526. The molecular weight excluding hydrogens is 262 g/mol. The van der Waals surface area contributed by atoms with Gasteiger partial charge in [0.15, 0.2) is 9.84 Å². The van der Waals surface area contributed by atoms with Crippen LogP contribution >= 0.6 is 11.6 Å². The number of hydrogen-bond acceptors (Lipinski definition) is 5. The fraction of sp³-hybridized carbons (Fsp3) is 0.600. The summed E-state index contributed by atoms with van der Waals surface area (Å²) in [7, 11) is -2.93. The van der Waals surface area contributed by atoms with Crippen molar-refractivity contribution in [1.29, 1.82) is 0 Å². The number of aromatic nitrogens is 2. The molecule has 0 saturated carbocycles. The molecular formula is C10H14ClN3O2S. The third-order valence-electron chi connectivity index (χ3n) is 2.76. The standard InChI is InChI=1S/C10H14ClN3O2S/c1-7-5-8(13-9(11)12-7)14-10(2)3-4-17(15,16)6-10/h5H,3-4,6H2,1-2H3,(H,12,13,14). The van der Waals surface area contributed by atoms with Gasteiger partial charge < -0.3 is 5.32 Å². The lowest BCUT2D eigenvalue weighted by Gasteiger charge is -2.24. The molecule has 1 unspecified atom stereocenters.